The van der Waals surface area contributed by atoms with Crippen molar-refractivity contribution in [3.63, 3.8) is 0 Å². The fourth-order valence-corrected chi connectivity index (χ4v) is 1.59. The van der Waals surface area contributed by atoms with Crippen molar-refractivity contribution < 1.29 is 9.47 Å². The molecule has 1 saturated heterocycles. The number of epoxide rings is 1. The molecule has 0 N–H and O–H groups in total. The quantitative estimate of drug-likeness (QED) is 0.702. The minimum atomic E-state index is 0.0733. The molecule has 0 radical (unpaired) electrons. The Bertz CT molecular complexity index is 407. The molecule has 1 aliphatic rings. The van der Waals surface area contributed by atoms with Crippen molar-refractivity contribution in [2.24, 2.45) is 0 Å². The van der Waals surface area contributed by atoms with E-state index in [0.29, 0.717) is 22.9 Å². The zero-order valence-electron chi connectivity index (χ0n) is 7.58. The molecule has 0 amide bonds. The van der Waals surface area contributed by atoms with Gasteiger partial charge in [-0.2, -0.15) is 5.26 Å². The van der Waals surface area contributed by atoms with E-state index in [1.807, 2.05) is 6.07 Å². The number of benzene rings is 1. The molecule has 1 aromatic rings. The van der Waals surface area contributed by atoms with Gasteiger partial charge >= 0.3 is 0 Å². The van der Waals surface area contributed by atoms with Crippen LogP contribution in [0, 0.1) is 11.3 Å². The van der Waals surface area contributed by atoms with E-state index in [1.165, 1.54) is 7.11 Å². The van der Waals surface area contributed by atoms with Crippen LogP contribution in [0.2, 0.25) is 5.02 Å². The first-order valence-corrected chi connectivity index (χ1v) is 4.53. The van der Waals surface area contributed by atoms with Crippen molar-refractivity contribution in [2.45, 2.75) is 6.10 Å². The lowest BCUT2D eigenvalue weighted by Gasteiger charge is -2.06. The highest BCUT2D eigenvalue weighted by Crippen LogP contribution is 2.38. The Labute approximate surface area is 86.8 Å². The van der Waals surface area contributed by atoms with Crippen LogP contribution in [0.4, 0.5) is 0 Å². The molecule has 1 heterocycles. The molecule has 14 heavy (non-hydrogen) atoms. The second-order valence-electron chi connectivity index (χ2n) is 3.01. The van der Waals surface area contributed by atoms with Gasteiger partial charge in [0, 0.05) is 10.6 Å². The molecule has 0 unspecified atom stereocenters. The van der Waals surface area contributed by atoms with Gasteiger partial charge in [0.05, 0.1) is 19.3 Å². The number of nitriles is 1. The van der Waals surface area contributed by atoms with Crippen LogP contribution in [-0.4, -0.2) is 13.7 Å². The average Bonchev–Trinajstić information content (AvgIpc) is 3.01. The lowest BCUT2D eigenvalue weighted by atomic mass is 10.1. The Morgan fingerprint density at radius 3 is 2.86 bits per heavy atom. The number of nitrogens with zero attached hydrogens (tertiary/aromatic N) is 1. The van der Waals surface area contributed by atoms with Crippen molar-refractivity contribution in [1.82, 2.24) is 0 Å². The van der Waals surface area contributed by atoms with Gasteiger partial charge in [0.1, 0.15) is 17.9 Å². The van der Waals surface area contributed by atoms with Crippen LogP contribution in [0.25, 0.3) is 0 Å². The highest BCUT2D eigenvalue weighted by molar-refractivity contribution is 6.31. The maximum absolute atomic E-state index is 8.80. The third-order valence-electron chi connectivity index (χ3n) is 2.12. The lowest BCUT2D eigenvalue weighted by molar-refractivity contribution is 0.404. The van der Waals surface area contributed by atoms with Gasteiger partial charge in [-0.05, 0) is 12.1 Å². The van der Waals surface area contributed by atoms with Crippen molar-refractivity contribution >= 4 is 11.6 Å². The van der Waals surface area contributed by atoms with Crippen LogP contribution >= 0.6 is 11.6 Å². The molecule has 0 bridgehead atoms. The maximum Gasteiger partial charge on any atom is 0.137 e. The Hall–Kier alpha value is -1.24. The van der Waals surface area contributed by atoms with Crippen LogP contribution < -0.4 is 4.74 Å². The van der Waals surface area contributed by atoms with E-state index in [-0.39, 0.29) is 6.10 Å². The number of rotatable bonds is 2. The molecular formula is C10H8ClNO2. The molecule has 0 spiro atoms. The summed E-state index contributed by atoms with van der Waals surface area (Å²) in [4.78, 5) is 0. The summed E-state index contributed by atoms with van der Waals surface area (Å²) < 4.78 is 10.2. The fraction of sp³-hybridized carbons (Fsp3) is 0.300. The third-order valence-corrected chi connectivity index (χ3v) is 2.45. The molecule has 1 aliphatic heterocycles. The molecule has 0 saturated carbocycles. The number of hydrogen-bond acceptors (Lipinski definition) is 3. The summed E-state index contributed by atoms with van der Waals surface area (Å²) in [6.45, 7) is 0.689. The van der Waals surface area contributed by atoms with Crippen LogP contribution in [0.1, 0.15) is 17.2 Å². The minimum absolute atomic E-state index is 0.0733. The van der Waals surface area contributed by atoms with Gasteiger partial charge in [-0.25, -0.2) is 0 Å². The van der Waals surface area contributed by atoms with Gasteiger partial charge in [0.15, 0.2) is 0 Å². The average molecular weight is 210 g/mol. The number of ether oxygens (including phenoxy) is 2. The lowest BCUT2D eigenvalue weighted by Crippen LogP contribution is -1.92. The fourth-order valence-electron chi connectivity index (χ4n) is 1.30. The third kappa shape index (κ3) is 1.54. The van der Waals surface area contributed by atoms with Gasteiger partial charge in [0.25, 0.3) is 0 Å². The van der Waals surface area contributed by atoms with E-state index in [4.69, 9.17) is 26.3 Å². The largest absolute Gasteiger partial charge is 0.495 e. The zero-order valence-corrected chi connectivity index (χ0v) is 8.34. The molecule has 0 aromatic heterocycles. The summed E-state index contributed by atoms with van der Waals surface area (Å²) in [5.74, 6) is 0.544. The number of halogens is 1. The van der Waals surface area contributed by atoms with E-state index in [0.717, 1.165) is 5.56 Å². The van der Waals surface area contributed by atoms with Crippen molar-refractivity contribution in [2.75, 3.05) is 13.7 Å². The van der Waals surface area contributed by atoms with E-state index in [9.17, 15) is 0 Å². The van der Waals surface area contributed by atoms with Crippen LogP contribution in [0.5, 0.6) is 5.75 Å². The summed E-state index contributed by atoms with van der Waals surface area (Å²) in [6, 6.07) is 5.39. The number of methoxy groups -OCH3 is 1. The first-order valence-electron chi connectivity index (χ1n) is 4.15. The van der Waals surface area contributed by atoms with E-state index >= 15 is 0 Å². The molecule has 2 rings (SSSR count). The van der Waals surface area contributed by atoms with E-state index in [1.54, 1.807) is 12.1 Å². The first-order chi connectivity index (χ1) is 6.76. The molecule has 72 valence electrons. The second-order valence-corrected chi connectivity index (χ2v) is 3.41. The van der Waals surface area contributed by atoms with Crippen LogP contribution in [0.15, 0.2) is 12.1 Å². The highest BCUT2D eigenvalue weighted by Gasteiger charge is 2.28. The molecule has 1 aromatic carbocycles. The van der Waals surface area contributed by atoms with E-state index < -0.39 is 0 Å². The SMILES string of the molecule is COc1cc([C@@H]2CO2)c(Cl)cc1C#N. The summed E-state index contributed by atoms with van der Waals surface area (Å²) in [7, 11) is 1.53. The summed E-state index contributed by atoms with van der Waals surface area (Å²) in [6.07, 6.45) is 0.0733. The van der Waals surface area contributed by atoms with Crippen LogP contribution in [0.3, 0.4) is 0 Å². The number of hydrogen-bond donors (Lipinski definition) is 0. The van der Waals surface area contributed by atoms with Gasteiger partial charge in [-0.3, -0.25) is 0 Å². The molecule has 1 atom stereocenters. The van der Waals surface area contributed by atoms with Crippen molar-refractivity contribution in [3.8, 4) is 11.8 Å². The maximum atomic E-state index is 8.80. The van der Waals surface area contributed by atoms with Gasteiger partial charge in [-0.1, -0.05) is 11.6 Å². The Balaban J connectivity index is 2.49. The van der Waals surface area contributed by atoms with Gasteiger partial charge in [0.2, 0.25) is 0 Å². The first kappa shape index (κ1) is 9.32. The summed E-state index contributed by atoms with van der Waals surface area (Å²) in [5.41, 5.74) is 1.34. The smallest absolute Gasteiger partial charge is 0.137 e. The zero-order chi connectivity index (χ0) is 10.1. The van der Waals surface area contributed by atoms with Gasteiger partial charge < -0.3 is 9.47 Å². The van der Waals surface area contributed by atoms with E-state index in [2.05, 4.69) is 0 Å². The van der Waals surface area contributed by atoms with Crippen molar-refractivity contribution in [3.05, 3.63) is 28.3 Å². The predicted molar refractivity (Wildman–Crippen MR) is 51.4 cm³/mol. The molecular weight excluding hydrogens is 202 g/mol. The van der Waals surface area contributed by atoms with Gasteiger partial charge in [-0.15, -0.1) is 0 Å². The Morgan fingerprint density at radius 1 is 1.64 bits per heavy atom. The topological polar surface area (TPSA) is 45.5 Å². The molecule has 3 nitrogen and oxygen atoms in total. The van der Waals surface area contributed by atoms with Crippen LogP contribution in [-0.2, 0) is 4.74 Å². The van der Waals surface area contributed by atoms with Crippen molar-refractivity contribution in [1.29, 1.82) is 5.26 Å². The minimum Gasteiger partial charge on any atom is -0.495 e. The summed E-state index contributed by atoms with van der Waals surface area (Å²) in [5, 5.41) is 9.36. The highest BCUT2D eigenvalue weighted by atomic mass is 35.5. The summed E-state index contributed by atoms with van der Waals surface area (Å²) >= 11 is 5.99. The Kier molecular flexibility index (Phi) is 2.32. The normalized spacial score (nSPS) is 18.8. The predicted octanol–water partition coefficient (Wildman–Crippen LogP) is 2.29. The molecule has 0 aliphatic carbocycles. The standard InChI is InChI=1S/C10H8ClNO2/c1-13-9-3-7(10-5-14-10)8(11)2-6(9)4-12/h2-3,10H,5H2,1H3/t10-/m0/s1. The Morgan fingerprint density at radius 2 is 2.36 bits per heavy atom. The second kappa shape index (κ2) is 3.49. The molecule has 1 fully saturated rings. The molecule has 4 heteroatoms. The monoisotopic (exact) mass is 209 g/mol.